The molecule has 2 amide bonds. The molecule has 6 nitrogen and oxygen atoms in total. The summed E-state index contributed by atoms with van der Waals surface area (Å²) in [5.74, 6) is -0.584. The highest BCUT2D eigenvalue weighted by Gasteiger charge is 2.15. The SMILES string of the molecule is CN(C)C(=O)c1ccc(CNC(=O)c2cc(S(C)(=O)=O)ccc2Cl)cc1. The van der Waals surface area contributed by atoms with Crippen molar-refractivity contribution in [3.8, 4) is 0 Å². The van der Waals surface area contributed by atoms with Gasteiger partial charge in [0, 0.05) is 32.5 Å². The lowest BCUT2D eigenvalue weighted by atomic mass is 10.1. The van der Waals surface area contributed by atoms with E-state index in [0.717, 1.165) is 11.8 Å². The van der Waals surface area contributed by atoms with Crippen molar-refractivity contribution in [1.29, 1.82) is 0 Å². The van der Waals surface area contributed by atoms with Gasteiger partial charge in [-0.1, -0.05) is 23.7 Å². The maximum absolute atomic E-state index is 12.3. The fourth-order valence-electron chi connectivity index (χ4n) is 2.21. The molecule has 0 atom stereocenters. The highest BCUT2D eigenvalue weighted by atomic mass is 35.5. The van der Waals surface area contributed by atoms with E-state index in [-0.39, 0.29) is 27.9 Å². The summed E-state index contributed by atoms with van der Waals surface area (Å²) in [5, 5.41) is 2.86. The fourth-order valence-corrected chi connectivity index (χ4v) is 3.06. The quantitative estimate of drug-likeness (QED) is 0.843. The molecule has 138 valence electrons. The van der Waals surface area contributed by atoms with Crippen molar-refractivity contribution >= 4 is 33.3 Å². The molecule has 0 aliphatic rings. The van der Waals surface area contributed by atoms with Gasteiger partial charge in [-0.2, -0.15) is 0 Å². The van der Waals surface area contributed by atoms with E-state index in [1.165, 1.54) is 23.1 Å². The number of carbonyl (C=O) groups excluding carboxylic acids is 2. The first kappa shape index (κ1) is 19.9. The average molecular weight is 395 g/mol. The van der Waals surface area contributed by atoms with Crippen molar-refractivity contribution < 1.29 is 18.0 Å². The van der Waals surface area contributed by atoms with Gasteiger partial charge in [0.15, 0.2) is 9.84 Å². The van der Waals surface area contributed by atoms with Crippen LogP contribution in [0.2, 0.25) is 5.02 Å². The second-order valence-electron chi connectivity index (χ2n) is 5.99. The minimum absolute atomic E-state index is 0.0265. The Morgan fingerprint density at radius 1 is 1.08 bits per heavy atom. The molecule has 0 aliphatic heterocycles. The van der Waals surface area contributed by atoms with Gasteiger partial charge in [-0.15, -0.1) is 0 Å². The summed E-state index contributed by atoms with van der Waals surface area (Å²) in [7, 11) is -0.0943. The van der Waals surface area contributed by atoms with Gasteiger partial charge in [-0.3, -0.25) is 9.59 Å². The number of hydrogen-bond acceptors (Lipinski definition) is 4. The summed E-state index contributed by atoms with van der Waals surface area (Å²) in [6.07, 6.45) is 1.06. The van der Waals surface area contributed by atoms with E-state index in [1.807, 2.05) is 0 Å². The van der Waals surface area contributed by atoms with E-state index in [2.05, 4.69) is 5.32 Å². The fraction of sp³-hybridized carbons (Fsp3) is 0.222. The maximum Gasteiger partial charge on any atom is 0.253 e. The van der Waals surface area contributed by atoms with Crippen LogP contribution in [0.15, 0.2) is 47.4 Å². The third-order valence-corrected chi connectivity index (χ3v) is 5.11. The molecule has 2 rings (SSSR count). The molecule has 8 heteroatoms. The minimum atomic E-state index is -3.44. The second-order valence-corrected chi connectivity index (χ2v) is 8.42. The predicted molar refractivity (Wildman–Crippen MR) is 100 cm³/mol. The number of hydrogen-bond donors (Lipinski definition) is 1. The number of rotatable bonds is 5. The molecule has 0 heterocycles. The molecule has 2 aromatic rings. The molecule has 0 spiro atoms. The number of benzene rings is 2. The zero-order chi connectivity index (χ0) is 19.5. The van der Waals surface area contributed by atoms with Crippen molar-refractivity contribution in [3.63, 3.8) is 0 Å². The van der Waals surface area contributed by atoms with Crippen LogP contribution in [0, 0.1) is 0 Å². The molecule has 1 N–H and O–H groups in total. The standard InChI is InChI=1S/C18H19ClN2O4S/c1-21(2)18(23)13-6-4-12(5-7-13)11-20-17(22)15-10-14(26(3,24)25)8-9-16(15)19/h4-10H,11H2,1-3H3,(H,20,22). The molecule has 0 aromatic heterocycles. The molecule has 0 unspecified atom stereocenters. The topological polar surface area (TPSA) is 83.6 Å². The number of halogens is 1. The van der Waals surface area contributed by atoms with Gasteiger partial charge in [0.2, 0.25) is 0 Å². The lowest BCUT2D eigenvalue weighted by Crippen LogP contribution is -2.24. The lowest BCUT2D eigenvalue weighted by Gasteiger charge is -2.11. The van der Waals surface area contributed by atoms with Crippen LogP contribution in [0.3, 0.4) is 0 Å². The molecule has 0 saturated carbocycles. The van der Waals surface area contributed by atoms with Crippen LogP contribution < -0.4 is 5.32 Å². The Morgan fingerprint density at radius 2 is 1.69 bits per heavy atom. The number of nitrogens with zero attached hydrogens (tertiary/aromatic N) is 1. The Balaban J connectivity index is 2.11. The zero-order valence-electron chi connectivity index (χ0n) is 14.6. The van der Waals surface area contributed by atoms with Crippen LogP contribution in [-0.2, 0) is 16.4 Å². The van der Waals surface area contributed by atoms with Gasteiger partial charge in [0.1, 0.15) is 0 Å². The van der Waals surface area contributed by atoms with Gasteiger partial charge in [-0.05, 0) is 35.9 Å². The van der Waals surface area contributed by atoms with E-state index < -0.39 is 15.7 Å². The molecule has 2 aromatic carbocycles. The van der Waals surface area contributed by atoms with Crippen LogP contribution in [0.25, 0.3) is 0 Å². The van der Waals surface area contributed by atoms with Crippen LogP contribution in [0.1, 0.15) is 26.3 Å². The lowest BCUT2D eigenvalue weighted by molar-refractivity contribution is 0.0827. The molecular weight excluding hydrogens is 376 g/mol. The number of nitrogens with one attached hydrogen (secondary N) is 1. The van der Waals surface area contributed by atoms with Gasteiger partial charge in [0.05, 0.1) is 15.5 Å². The summed E-state index contributed by atoms with van der Waals surface area (Å²) < 4.78 is 23.3. The van der Waals surface area contributed by atoms with E-state index >= 15 is 0 Å². The normalized spacial score (nSPS) is 11.1. The smallest absolute Gasteiger partial charge is 0.253 e. The second kappa shape index (κ2) is 7.88. The first-order valence-electron chi connectivity index (χ1n) is 7.68. The number of amides is 2. The van der Waals surface area contributed by atoms with Crippen molar-refractivity contribution in [2.45, 2.75) is 11.4 Å². The predicted octanol–water partition coefficient (Wildman–Crippen LogP) is 2.38. The molecular formula is C18H19ClN2O4S. The van der Waals surface area contributed by atoms with Gasteiger partial charge >= 0.3 is 0 Å². The van der Waals surface area contributed by atoms with E-state index in [9.17, 15) is 18.0 Å². The number of carbonyl (C=O) groups is 2. The summed E-state index contributed by atoms with van der Waals surface area (Å²) in [4.78, 5) is 25.7. The molecule has 0 saturated heterocycles. The van der Waals surface area contributed by atoms with Crippen LogP contribution in [-0.4, -0.2) is 45.5 Å². The largest absolute Gasteiger partial charge is 0.348 e. The van der Waals surface area contributed by atoms with E-state index in [4.69, 9.17) is 11.6 Å². The molecule has 0 bridgehead atoms. The first-order valence-corrected chi connectivity index (χ1v) is 9.95. The zero-order valence-corrected chi connectivity index (χ0v) is 16.2. The Kier molecular flexibility index (Phi) is 6.05. The van der Waals surface area contributed by atoms with Gasteiger partial charge in [0.25, 0.3) is 11.8 Å². The Morgan fingerprint density at radius 3 is 2.23 bits per heavy atom. The Bertz CT molecular complexity index is 938. The average Bonchev–Trinajstić information content (AvgIpc) is 2.58. The summed E-state index contributed by atoms with van der Waals surface area (Å²) >= 11 is 6.01. The van der Waals surface area contributed by atoms with Crippen LogP contribution >= 0.6 is 11.6 Å². The van der Waals surface area contributed by atoms with Crippen LogP contribution in [0.4, 0.5) is 0 Å². The molecule has 26 heavy (non-hydrogen) atoms. The summed E-state index contributed by atoms with van der Waals surface area (Å²) in [6, 6.07) is 10.8. The van der Waals surface area contributed by atoms with Gasteiger partial charge < -0.3 is 10.2 Å². The molecule has 0 radical (unpaired) electrons. The summed E-state index contributed by atoms with van der Waals surface area (Å²) in [5.41, 5.74) is 1.44. The number of sulfone groups is 1. The summed E-state index contributed by atoms with van der Waals surface area (Å²) in [6.45, 7) is 0.217. The van der Waals surface area contributed by atoms with Crippen molar-refractivity contribution in [2.24, 2.45) is 0 Å². The third kappa shape index (κ3) is 4.83. The molecule has 0 aliphatic carbocycles. The monoisotopic (exact) mass is 394 g/mol. The van der Waals surface area contributed by atoms with E-state index in [1.54, 1.807) is 38.4 Å². The maximum atomic E-state index is 12.3. The highest BCUT2D eigenvalue weighted by molar-refractivity contribution is 7.90. The van der Waals surface area contributed by atoms with Crippen molar-refractivity contribution in [3.05, 3.63) is 64.2 Å². The van der Waals surface area contributed by atoms with E-state index in [0.29, 0.717) is 5.56 Å². The third-order valence-electron chi connectivity index (χ3n) is 3.67. The highest BCUT2D eigenvalue weighted by Crippen LogP contribution is 2.20. The minimum Gasteiger partial charge on any atom is -0.348 e. The van der Waals surface area contributed by atoms with Crippen molar-refractivity contribution in [1.82, 2.24) is 10.2 Å². The molecule has 0 fully saturated rings. The Hall–Kier alpha value is -2.38. The van der Waals surface area contributed by atoms with Crippen LogP contribution in [0.5, 0.6) is 0 Å². The van der Waals surface area contributed by atoms with Crippen molar-refractivity contribution in [2.75, 3.05) is 20.4 Å². The Labute approximate surface area is 157 Å². The van der Waals surface area contributed by atoms with Gasteiger partial charge in [-0.25, -0.2) is 8.42 Å². The first-order chi connectivity index (χ1) is 12.1.